The highest BCUT2D eigenvalue weighted by Gasteiger charge is 2.56. The molecule has 5 fully saturated rings. The summed E-state index contributed by atoms with van der Waals surface area (Å²) in [7, 11) is -3.58. The van der Waals surface area contributed by atoms with E-state index < -0.39 is 16.1 Å². The number of nitrogens with zero attached hydrogens (tertiary/aromatic N) is 1. The highest BCUT2D eigenvalue weighted by Crippen LogP contribution is 2.60. The summed E-state index contributed by atoms with van der Waals surface area (Å²) in [5.74, 6) is 2.10. The van der Waals surface area contributed by atoms with Gasteiger partial charge in [0.05, 0.1) is 10.3 Å². The maximum atomic E-state index is 13.8. The van der Waals surface area contributed by atoms with Crippen LogP contribution in [0.5, 0.6) is 0 Å². The Morgan fingerprint density at radius 2 is 1.58 bits per heavy atom. The van der Waals surface area contributed by atoms with Gasteiger partial charge in [-0.1, -0.05) is 0 Å². The smallest absolute Gasteiger partial charge is 0.247 e. The average Bonchev–Trinajstić information content (AvgIpc) is 3.21. The first-order valence-corrected chi connectivity index (χ1v) is 13.9. The van der Waals surface area contributed by atoms with Crippen molar-refractivity contribution in [1.82, 2.24) is 9.62 Å². The minimum Gasteiger partial charge on any atom is -0.330 e. The first kappa shape index (κ1) is 22.8. The second-order valence-electron chi connectivity index (χ2n) is 11.1. The number of benzene rings is 1. The van der Waals surface area contributed by atoms with Crippen LogP contribution < -0.4 is 10.0 Å². The Labute approximate surface area is 196 Å². The quantitative estimate of drug-likeness (QED) is 0.661. The van der Waals surface area contributed by atoms with E-state index in [1.165, 1.54) is 31.4 Å². The Balaban J connectivity index is 1.27. The van der Waals surface area contributed by atoms with Crippen molar-refractivity contribution in [2.75, 3.05) is 11.9 Å². The molecule has 1 heterocycles. The van der Waals surface area contributed by atoms with Gasteiger partial charge in [-0.05, 0) is 107 Å². The maximum absolute atomic E-state index is 13.8. The zero-order chi connectivity index (χ0) is 23.4. The molecule has 4 saturated carbocycles. The monoisotopic (exact) mass is 473 g/mol. The number of carbonyl (C=O) groups is 2. The van der Waals surface area contributed by atoms with Crippen LogP contribution in [0.4, 0.5) is 5.69 Å². The minimum atomic E-state index is -3.58. The molecule has 8 heteroatoms. The molecule has 2 amide bonds. The van der Waals surface area contributed by atoms with E-state index in [1.807, 2.05) is 4.90 Å². The van der Waals surface area contributed by atoms with Crippen LogP contribution in [0.2, 0.25) is 0 Å². The fraction of sp³-hybridized carbons (Fsp3) is 0.680. The lowest BCUT2D eigenvalue weighted by molar-refractivity contribution is -0.160. The van der Waals surface area contributed by atoms with Crippen molar-refractivity contribution in [3.8, 4) is 0 Å². The molecule has 33 heavy (non-hydrogen) atoms. The van der Waals surface area contributed by atoms with Crippen molar-refractivity contribution >= 4 is 27.5 Å². The Morgan fingerprint density at radius 3 is 2.12 bits per heavy atom. The first-order valence-electron chi connectivity index (χ1n) is 12.4. The maximum Gasteiger partial charge on any atom is 0.247 e. The normalized spacial score (nSPS) is 33.0. The molecule has 0 radical (unpaired) electrons. The number of hydrogen-bond donors (Lipinski definition) is 2. The standard InChI is InChI=1S/C25H35N3O4S/c1-16(2)27-33(31,32)21-7-5-20(6-8-21)26-23(29)22-4-3-9-28(22)24(30)25-13-17-10-18(14-25)12-19(11-17)15-25/h5-8,16-19,22,27H,3-4,9-15H2,1-2H3,(H,26,29). The molecule has 5 aliphatic rings. The Hall–Kier alpha value is -1.93. The summed E-state index contributed by atoms with van der Waals surface area (Å²) >= 11 is 0. The Kier molecular flexibility index (Phi) is 5.80. The molecule has 1 saturated heterocycles. The van der Waals surface area contributed by atoms with Gasteiger partial charge >= 0.3 is 0 Å². The number of amides is 2. The summed E-state index contributed by atoms with van der Waals surface area (Å²) in [6, 6.07) is 5.55. The molecule has 1 unspecified atom stereocenters. The van der Waals surface area contributed by atoms with Gasteiger partial charge in [0.1, 0.15) is 6.04 Å². The number of hydrogen-bond acceptors (Lipinski definition) is 4. The van der Waals surface area contributed by atoms with Crippen LogP contribution in [0.3, 0.4) is 0 Å². The number of anilines is 1. The van der Waals surface area contributed by atoms with Crippen molar-refractivity contribution in [3.05, 3.63) is 24.3 Å². The topological polar surface area (TPSA) is 95.6 Å². The van der Waals surface area contributed by atoms with Crippen molar-refractivity contribution < 1.29 is 18.0 Å². The lowest BCUT2D eigenvalue weighted by Crippen LogP contribution is -2.56. The number of nitrogens with one attached hydrogen (secondary N) is 2. The average molecular weight is 474 g/mol. The van der Waals surface area contributed by atoms with E-state index in [0.29, 0.717) is 36.4 Å². The molecule has 7 nitrogen and oxygen atoms in total. The predicted molar refractivity (Wildman–Crippen MR) is 126 cm³/mol. The second-order valence-corrected chi connectivity index (χ2v) is 12.9. The van der Waals surface area contributed by atoms with Gasteiger partial charge in [-0.3, -0.25) is 9.59 Å². The lowest BCUT2D eigenvalue weighted by Gasteiger charge is -2.56. The van der Waals surface area contributed by atoms with Crippen LogP contribution in [0.1, 0.15) is 65.2 Å². The summed E-state index contributed by atoms with van der Waals surface area (Å²) < 4.78 is 27.2. The fourth-order valence-corrected chi connectivity index (χ4v) is 8.53. The molecule has 0 spiro atoms. The lowest BCUT2D eigenvalue weighted by atomic mass is 9.49. The second kappa shape index (κ2) is 8.38. The van der Waals surface area contributed by atoms with E-state index >= 15 is 0 Å². The molecule has 1 aliphatic heterocycles. The zero-order valence-corrected chi connectivity index (χ0v) is 20.4. The fourth-order valence-electron chi connectivity index (χ4n) is 7.28. The van der Waals surface area contributed by atoms with Crippen LogP contribution >= 0.6 is 0 Å². The molecule has 180 valence electrons. The van der Waals surface area contributed by atoms with E-state index in [0.717, 1.165) is 25.7 Å². The van der Waals surface area contributed by atoms with Gasteiger partial charge in [0.15, 0.2) is 0 Å². The third kappa shape index (κ3) is 4.32. The number of rotatable bonds is 6. The Morgan fingerprint density at radius 1 is 1.00 bits per heavy atom. The molecular formula is C25H35N3O4S. The summed E-state index contributed by atoms with van der Waals surface area (Å²) in [6.07, 6.45) is 8.39. The summed E-state index contributed by atoms with van der Waals surface area (Å²) in [5, 5.41) is 2.91. The van der Waals surface area contributed by atoms with Crippen LogP contribution in [0.15, 0.2) is 29.2 Å². The van der Waals surface area contributed by atoms with Crippen molar-refractivity contribution in [2.45, 2.75) is 82.2 Å². The molecule has 6 rings (SSSR count). The van der Waals surface area contributed by atoms with Crippen molar-refractivity contribution in [2.24, 2.45) is 23.2 Å². The molecule has 1 aromatic carbocycles. The first-order chi connectivity index (χ1) is 15.6. The Bertz CT molecular complexity index is 999. The molecule has 4 aliphatic carbocycles. The molecule has 0 aromatic heterocycles. The van der Waals surface area contributed by atoms with E-state index in [1.54, 1.807) is 26.0 Å². The number of carbonyl (C=O) groups excluding carboxylic acids is 2. The third-order valence-electron chi connectivity index (χ3n) is 8.13. The number of sulfonamides is 1. The predicted octanol–water partition coefficient (Wildman–Crippen LogP) is 3.52. The zero-order valence-electron chi connectivity index (χ0n) is 19.5. The van der Waals surface area contributed by atoms with E-state index in [2.05, 4.69) is 10.0 Å². The highest BCUT2D eigenvalue weighted by atomic mass is 32.2. The van der Waals surface area contributed by atoms with E-state index in [-0.39, 0.29) is 28.2 Å². The SMILES string of the molecule is CC(C)NS(=O)(=O)c1ccc(NC(=O)C2CCCN2C(=O)C23CC4CC(CC(C4)C2)C3)cc1. The van der Waals surface area contributed by atoms with Crippen LogP contribution in [-0.2, 0) is 19.6 Å². The summed E-state index contributed by atoms with van der Waals surface area (Å²) in [4.78, 5) is 28.9. The van der Waals surface area contributed by atoms with Gasteiger partial charge in [-0.25, -0.2) is 13.1 Å². The summed E-state index contributed by atoms with van der Waals surface area (Å²) in [5.41, 5.74) is 0.300. The van der Waals surface area contributed by atoms with Gasteiger partial charge in [0.2, 0.25) is 21.8 Å². The molecule has 2 N–H and O–H groups in total. The van der Waals surface area contributed by atoms with Crippen molar-refractivity contribution in [1.29, 1.82) is 0 Å². The molecule has 1 atom stereocenters. The van der Waals surface area contributed by atoms with Crippen LogP contribution in [0, 0.1) is 23.2 Å². The van der Waals surface area contributed by atoms with Gasteiger partial charge in [0.25, 0.3) is 0 Å². The van der Waals surface area contributed by atoms with Crippen molar-refractivity contribution in [3.63, 3.8) is 0 Å². The van der Waals surface area contributed by atoms with Gasteiger partial charge < -0.3 is 10.2 Å². The van der Waals surface area contributed by atoms with Crippen LogP contribution in [-0.4, -0.2) is 43.8 Å². The third-order valence-corrected chi connectivity index (χ3v) is 9.81. The van der Waals surface area contributed by atoms with E-state index in [9.17, 15) is 18.0 Å². The number of likely N-dealkylation sites (tertiary alicyclic amines) is 1. The van der Waals surface area contributed by atoms with Gasteiger partial charge in [-0.2, -0.15) is 0 Å². The molecule has 1 aromatic rings. The van der Waals surface area contributed by atoms with Gasteiger partial charge in [0, 0.05) is 18.3 Å². The van der Waals surface area contributed by atoms with Crippen LogP contribution in [0.25, 0.3) is 0 Å². The van der Waals surface area contributed by atoms with E-state index in [4.69, 9.17) is 0 Å². The highest BCUT2D eigenvalue weighted by molar-refractivity contribution is 7.89. The summed E-state index contributed by atoms with van der Waals surface area (Å²) in [6.45, 7) is 4.19. The molecular weight excluding hydrogens is 438 g/mol. The molecule has 4 bridgehead atoms. The van der Waals surface area contributed by atoms with Gasteiger partial charge in [-0.15, -0.1) is 0 Å². The largest absolute Gasteiger partial charge is 0.330 e. The minimum absolute atomic E-state index is 0.161.